The second kappa shape index (κ2) is 7.73. The lowest BCUT2D eigenvalue weighted by atomic mass is 10.1. The number of nitro groups is 1. The summed E-state index contributed by atoms with van der Waals surface area (Å²) in [7, 11) is 0. The number of esters is 1. The van der Waals surface area contributed by atoms with E-state index < -0.39 is 16.9 Å². The van der Waals surface area contributed by atoms with E-state index in [2.05, 4.69) is 0 Å². The summed E-state index contributed by atoms with van der Waals surface area (Å²) in [6.45, 7) is -0.0669. The first-order valence-corrected chi connectivity index (χ1v) is 6.85. The predicted octanol–water partition coefficient (Wildman–Crippen LogP) is 2.53. The monoisotopic (exact) mass is 331 g/mol. The van der Waals surface area contributed by atoms with Gasteiger partial charge in [-0.05, 0) is 24.3 Å². The molecular formula is C16H13NO7. The van der Waals surface area contributed by atoms with Gasteiger partial charge in [0.25, 0.3) is 5.69 Å². The largest absolute Gasteiger partial charge is 0.490 e. The standard InChI is InChI=1S/C16H13NO7/c18-15(19)13-3-1-2-4-14(13)16(20)24-10-9-23-12-7-5-11(6-8-12)17(21)22/h1-8H,9-10H2,(H,18,19). The van der Waals surface area contributed by atoms with Crippen LogP contribution >= 0.6 is 0 Å². The van der Waals surface area contributed by atoms with Gasteiger partial charge in [0.1, 0.15) is 19.0 Å². The molecule has 0 aliphatic carbocycles. The van der Waals surface area contributed by atoms with Crippen molar-refractivity contribution in [1.29, 1.82) is 0 Å². The van der Waals surface area contributed by atoms with Gasteiger partial charge in [-0.25, -0.2) is 9.59 Å². The molecule has 0 heterocycles. The smallest absolute Gasteiger partial charge is 0.339 e. The summed E-state index contributed by atoms with van der Waals surface area (Å²) in [6.07, 6.45) is 0. The summed E-state index contributed by atoms with van der Waals surface area (Å²) in [5.74, 6) is -1.59. The van der Waals surface area contributed by atoms with Crippen LogP contribution in [0.5, 0.6) is 5.75 Å². The number of hydrogen-bond acceptors (Lipinski definition) is 6. The molecule has 0 fully saturated rings. The van der Waals surface area contributed by atoms with Crippen molar-refractivity contribution in [3.63, 3.8) is 0 Å². The number of nitrogens with zero attached hydrogens (tertiary/aromatic N) is 1. The molecule has 0 spiro atoms. The lowest BCUT2D eigenvalue weighted by Crippen LogP contribution is -2.15. The van der Waals surface area contributed by atoms with Crippen molar-refractivity contribution in [2.75, 3.05) is 13.2 Å². The molecule has 0 saturated heterocycles. The minimum Gasteiger partial charge on any atom is -0.490 e. The molecule has 2 rings (SSSR count). The van der Waals surface area contributed by atoms with Gasteiger partial charge < -0.3 is 14.6 Å². The summed E-state index contributed by atoms with van der Waals surface area (Å²) in [5, 5.41) is 19.5. The topological polar surface area (TPSA) is 116 Å². The highest BCUT2D eigenvalue weighted by Crippen LogP contribution is 2.17. The van der Waals surface area contributed by atoms with E-state index in [1.807, 2.05) is 0 Å². The maximum Gasteiger partial charge on any atom is 0.339 e. The highest BCUT2D eigenvalue weighted by Gasteiger charge is 2.16. The number of rotatable bonds is 7. The molecular weight excluding hydrogens is 318 g/mol. The third kappa shape index (κ3) is 4.29. The first-order valence-electron chi connectivity index (χ1n) is 6.85. The van der Waals surface area contributed by atoms with E-state index >= 15 is 0 Å². The van der Waals surface area contributed by atoms with E-state index in [0.717, 1.165) is 0 Å². The first kappa shape index (κ1) is 16.9. The van der Waals surface area contributed by atoms with Gasteiger partial charge in [0, 0.05) is 12.1 Å². The molecule has 8 nitrogen and oxygen atoms in total. The Morgan fingerprint density at radius 1 is 1.00 bits per heavy atom. The Labute approximate surface area is 136 Å². The fraction of sp³-hybridized carbons (Fsp3) is 0.125. The average Bonchev–Trinajstić information content (AvgIpc) is 2.58. The van der Waals surface area contributed by atoms with Crippen LogP contribution in [0.3, 0.4) is 0 Å². The molecule has 1 N–H and O–H groups in total. The maximum atomic E-state index is 11.9. The SMILES string of the molecule is O=C(O)c1ccccc1C(=O)OCCOc1ccc([N+](=O)[O-])cc1. The van der Waals surface area contributed by atoms with Gasteiger partial charge in [-0.15, -0.1) is 0 Å². The molecule has 0 aliphatic heterocycles. The van der Waals surface area contributed by atoms with Gasteiger partial charge >= 0.3 is 11.9 Å². The Kier molecular flexibility index (Phi) is 5.45. The molecule has 0 amide bonds. The molecule has 24 heavy (non-hydrogen) atoms. The fourth-order valence-electron chi connectivity index (χ4n) is 1.88. The number of benzene rings is 2. The van der Waals surface area contributed by atoms with E-state index in [0.29, 0.717) is 5.75 Å². The van der Waals surface area contributed by atoms with E-state index in [9.17, 15) is 19.7 Å². The van der Waals surface area contributed by atoms with Crippen molar-refractivity contribution in [3.8, 4) is 5.75 Å². The summed E-state index contributed by atoms with van der Waals surface area (Å²) in [4.78, 5) is 32.9. The molecule has 0 aliphatic rings. The minimum absolute atomic E-state index is 0.0266. The second-order valence-electron chi connectivity index (χ2n) is 4.59. The van der Waals surface area contributed by atoms with Crippen molar-refractivity contribution in [2.24, 2.45) is 0 Å². The first-order chi connectivity index (χ1) is 11.5. The highest BCUT2D eigenvalue weighted by molar-refractivity contribution is 6.02. The Morgan fingerprint density at radius 2 is 1.62 bits per heavy atom. The molecule has 0 aromatic heterocycles. The van der Waals surface area contributed by atoms with Crippen LogP contribution < -0.4 is 4.74 Å². The lowest BCUT2D eigenvalue weighted by molar-refractivity contribution is -0.384. The zero-order valence-corrected chi connectivity index (χ0v) is 12.4. The fourth-order valence-corrected chi connectivity index (χ4v) is 1.88. The molecule has 0 atom stereocenters. The van der Waals surface area contributed by atoms with E-state index in [-0.39, 0.29) is 30.0 Å². The summed E-state index contributed by atoms with van der Waals surface area (Å²) < 4.78 is 10.3. The summed E-state index contributed by atoms with van der Waals surface area (Å²) in [6, 6.07) is 11.2. The van der Waals surface area contributed by atoms with Gasteiger partial charge in [-0.1, -0.05) is 12.1 Å². The highest BCUT2D eigenvalue weighted by atomic mass is 16.6. The van der Waals surface area contributed by atoms with E-state index in [4.69, 9.17) is 14.6 Å². The number of carbonyl (C=O) groups excluding carboxylic acids is 1. The number of ether oxygens (including phenoxy) is 2. The molecule has 0 radical (unpaired) electrons. The van der Waals surface area contributed by atoms with Gasteiger partial charge in [0.15, 0.2) is 0 Å². The quantitative estimate of drug-likeness (QED) is 0.358. The van der Waals surface area contributed by atoms with Crippen molar-refractivity contribution in [3.05, 3.63) is 69.8 Å². The van der Waals surface area contributed by atoms with Crippen LogP contribution in [0.15, 0.2) is 48.5 Å². The number of aromatic carboxylic acids is 1. The number of carbonyl (C=O) groups is 2. The molecule has 124 valence electrons. The third-order valence-corrected chi connectivity index (χ3v) is 3.01. The molecule has 0 unspecified atom stereocenters. The normalized spacial score (nSPS) is 10.0. The summed E-state index contributed by atoms with van der Waals surface area (Å²) >= 11 is 0. The van der Waals surface area contributed by atoms with Crippen LogP contribution in [0, 0.1) is 10.1 Å². The van der Waals surface area contributed by atoms with Crippen LogP contribution in [0.25, 0.3) is 0 Å². The Morgan fingerprint density at radius 3 is 2.21 bits per heavy atom. The Hall–Kier alpha value is -3.42. The second-order valence-corrected chi connectivity index (χ2v) is 4.59. The van der Waals surface area contributed by atoms with Crippen molar-refractivity contribution in [1.82, 2.24) is 0 Å². The van der Waals surface area contributed by atoms with Gasteiger partial charge in [0.05, 0.1) is 16.1 Å². The van der Waals surface area contributed by atoms with Crippen LogP contribution in [-0.4, -0.2) is 35.2 Å². The van der Waals surface area contributed by atoms with E-state index in [1.165, 1.54) is 48.5 Å². The van der Waals surface area contributed by atoms with Crippen molar-refractivity contribution >= 4 is 17.6 Å². The molecule has 0 bridgehead atoms. The van der Waals surface area contributed by atoms with Gasteiger partial charge in [0.2, 0.25) is 0 Å². The zero-order chi connectivity index (χ0) is 17.5. The molecule has 8 heteroatoms. The van der Waals surface area contributed by atoms with E-state index in [1.54, 1.807) is 0 Å². The van der Waals surface area contributed by atoms with Gasteiger partial charge in [-0.2, -0.15) is 0 Å². The zero-order valence-electron chi connectivity index (χ0n) is 12.4. The number of nitro benzene ring substituents is 1. The molecule has 0 saturated carbocycles. The molecule has 2 aromatic rings. The lowest BCUT2D eigenvalue weighted by Gasteiger charge is -2.08. The number of non-ortho nitro benzene ring substituents is 1. The van der Waals surface area contributed by atoms with Crippen molar-refractivity contribution < 1.29 is 29.1 Å². The summed E-state index contributed by atoms with van der Waals surface area (Å²) in [5.41, 5.74) is -0.238. The Bertz CT molecular complexity index is 755. The molecule has 2 aromatic carbocycles. The van der Waals surface area contributed by atoms with Crippen LogP contribution in [0.1, 0.15) is 20.7 Å². The minimum atomic E-state index is -1.22. The number of carboxylic acids is 1. The number of carboxylic acid groups (broad SMARTS) is 1. The van der Waals surface area contributed by atoms with Crippen LogP contribution in [0.2, 0.25) is 0 Å². The number of hydrogen-bond donors (Lipinski definition) is 1. The average molecular weight is 331 g/mol. The van der Waals surface area contributed by atoms with Crippen LogP contribution in [-0.2, 0) is 4.74 Å². The Balaban J connectivity index is 1.85. The third-order valence-electron chi connectivity index (χ3n) is 3.01. The predicted molar refractivity (Wildman–Crippen MR) is 82.3 cm³/mol. The maximum absolute atomic E-state index is 11.9. The van der Waals surface area contributed by atoms with Crippen LogP contribution in [0.4, 0.5) is 5.69 Å². The van der Waals surface area contributed by atoms with Crippen molar-refractivity contribution in [2.45, 2.75) is 0 Å². The van der Waals surface area contributed by atoms with Gasteiger partial charge in [-0.3, -0.25) is 10.1 Å².